The van der Waals surface area contributed by atoms with E-state index in [-0.39, 0.29) is 0 Å². The number of aliphatic hydroxyl groups excluding tert-OH is 1. The minimum absolute atomic E-state index is 0.303. The van der Waals surface area contributed by atoms with Gasteiger partial charge in [0.25, 0.3) is 0 Å². The topological polar surface area (TPSA) is 44.0 Å². The van der Waals surface area contributed by atoms with Crippen LogP contribution in [0.2, 0.25) is 0 Å². The first kappa shape index (κ1) is 12.1. The van der Waals surface area contributed by atoms with Crippen molar-refractivity contribution in [2.75, 3.05) is 0 Å². The lowest BCUT2D eigenvalue weighted by molar-refractivity contribution is 0.000470. The Bertz CT molecular complexity index is 403. The third-order valence-electron chi connectivity index (χ3n) is 4.05. The Hall–Kier alpha value is -1.33. The summed E-state index contributed by atoms with van der Waals surface area (Å²) in [6.07, 6.45) is 2.97. The van der Waals surface area contributed by atoms with Gasteiger partial charge < -0.3 is 5.11 Å². The molecule has 90 valence electrons. The van der Waals surface area contributed by atoms with Gasteiger partial charge in [-0.15, -0.1) is 0 Å². The quantitative estimate of drug-likeness (QED) is 0.861. The van der Waals surface area contributed by atoms with Crippen molar-refractivity contribution >= 4 is 0 Å². The first-order chi connectivity index (χ1) is 8.18. The lowest BCUT2D eigenvalue weighted by Gasteiger charge is -2.40. The minimum Gasteiger partial charge on any atom is -0.391 e. The number of hydrogen-bond acceptors (Lipinski definition) is 2. The Labute approximate surface area is 103 Å². The number of nitrogens with zero attached hydrogens (tertiary/aromatic N) is 1. The molecule has 1 aliphatic rings. The first-order valence-electron chi connectivity index (χ1n) is 6.32. The van der Waals surface area contributed by atoms with E-state index in [9.17, 15) is 10.4 Å². The lowest BCUT2D eigenvalue weighted by atomic mass is 9.64. The molecular weight excluding hydrogens is 210 g/mol. The van der Waals surface area contributed by atoms with E-state index in [0.717, 1.165) is 19.3 Å². The molecule has 1 aromatic carbocycles. The van der Waals surface area contributed by atoms with E-state index in [4.69, 9.17) is 0 Å². The average molecular weight is 229 g/mol. The van der Waals surface area contributed by atoms with Gasteiger partial charge in [0.1, 0.15) is 0 Å². The Morgan fingerprint density at radius 1 is 1.35 bits per heavy atom. The lowest BCUT2D eigenvalue weighted by Crippen LogP contribution is -2.40. The van der Waals surface area contributed by atoms with Crippen molar-refractivity contribution in [1.82, 2.24) is 0 Å². The summed E-state index contributed by atoms with van der Waals surface area (Å²) in [6.45, 7) is 2.11. The monoisotopic (exact) mass is 229 g/mol. The molecule has 1 aliphatic carbocycles. The van der Waals surface area contributed by atoms with Crippen molar-refractivity contribution in [2.45, 2.75) is 44.6 Å². The molecule has 1 aromatic rings. The summed E-state index contributed by atoms with van der Waals surface area (Å²) in [4.78, 5) is 0. The van der Waals surface area contributed by atoms with Crippen molar-refractivity contribution in [3.05, 3.63) is 35.9 Å². The fraction of sp³-hybridized carbons (Fsp3) is 0.533. The Balaban J connectivity index is 2.00. The summed E-state index contributed by atoms with van der Waals surface area (Å²) in [7, 11) is 0. The number of aliphatic hydroxyl groups is 1. The smallest absolute Gasteiger partial charge is 0.0832 e. The molecule has 2 rings (SSSR count). The number of nitriles is 1. The van der Waals surface area contributed by atoms with Crippen molar-refractivity contribution in [3.8, 4) is 6.07 Å². The summed E-state index contributed by atoms with van der Waals surface area (Å²) < 4.78 is 0. The highest BCUT2D eigenvalue weighted by Crippen LogP contribution is 2.45. The third kappa shape index (κ3) is 2.35. The number of hydrogen-bond donors (Lipinski definition) is 1. The Kier molecular flexibility index (Phi) is 3.49. The summed E-state index contributed by atoms with van der Waals surface area (Å²) in [5.74, 6) is 0.303. The fourth-order valence-electron chi connectivity index (χ4n) is 2.56. The van der Waals surface area contributed by atoms with E-state index in [2.05, 4.69) is 25.1 Å². The molecule has 2 unspecified atom stereocenters. The zero-order valence-electron chi connectivity index (χ0n) is 10.3. The van der Waals surface area contributed by atoms with Gasteiger partial charge in [0.15, 0.2) is 0 Å². The van der Waals surface area contributed by atoms with Crippen LogP contribution in [0.5, 0.6) is 0 Å². The van der Waals surface area contributed by atoms with Crippen LogP contribution in [-0.4, -0.2) is 11.2 Å². The second-order valence-corrected chi connectivity index (χ2v) is 5.18. The van der Waals surface area contributed by atoms with Crippen molar-refractivity contribution in [1.29, 1.82) is 5.26 Å². The molecule has 0 radical (unpaired) electrons. The van der Waals surface area contributed by atoms with Crippen LogP contribution in [0.4, 0.5) is 0 Å². The molecule has 2 heteroatoms. The highest BCUT2D eigenvalue weighted by Gasteiger charge is 2.44. The molecule has 1 fully saturated rings. The van der Waals surface area contributed by atoms with Crippen LogP contribution in [0.15, 0.2) is 30.3 Å². The van der Waals surface area contributed by atoms with E-state index in [1.807, 2.05) is 18.2 Å². The molecule has 1 N–H and O–H groups in total. The maximum Gasteiger partial charge on any atom is 0.0832 e. The Morgan fingerprint density at radius 2 is 2.00 bits per heavy atom. The summed E-state index contributed by atoms with van der Waals surface area (Å²) >= 11 is 0. The molecule has 0 aromatic heterocycles. The van der Waals surface area contributed by atoms with Crippen LogP contribution in [0, 0.1) is 16.7 Å². The normalized spacial score (nSPS) is 21.0. The molecular formula is C15H19NO. The largest absolute Gasteiger partial charge is 0.391 e. The predicted octanol–water partition coefficient (Wildman–Crippen LogP) is 3.23. The summed E-state index contributed by atoms with van der Waals surface area (Å²) in [5, 5.41) is 19.4. The van der Waals surface area contributed by atoms with Crippen LogP contribution < -0.4 is 0 Å². The molecule has 1 saturated carbocycles. The predicted molar refractivity (Wildman–Crippen MR) is 67.4 cm³/mol. The minimum atomic E-state index is -0.489. The van der Waals surface area contributed by atoms with Gasteiger partial charge >= 0.3 is 0 Å². The van der Waals surface area contributed by atoms with Crippen molar-refractivity contribution in [3.63, 3.8) is 0 Å². The highest BCUT2D eigenvalue weighted by molar-refractivity contribution is 5.20. The molecule has 17 heavy (non-hydrogen) atoms. The zero-order chi connectivity index (χ0) is 12.3. The van der Waals surface area contributed by atoms with E-state index >= 15 is 0 Å². The molecule has 2 atom stereocenters. The van der Waals surface area contributed by atoms with Crippen LogP contribution in [-0.2, 0) is 0 Å². The average Bonchev–Trinajstić information content (AvgIpc) is 2.29. The van der Waals surface area contributed by atoms with Gasteiger partial charge in [-0.1, -0.05) is 43.7 Å². The molecule has 0 aliphatic heterocycles. The Morgan fingerprint density at radius 3 is 2.47 bits per heavy atom. The van der Waals surface area contributed by atoms with Gasteiger partial charge in [0, 0.05) is 0 Å². The molecule has 0 heterocycles. The fourth-order valence-corrected chi connectivity index (χ4v) is 2.56. The van der Waals surface area contributed by atoms with Gasteiger partial charge in [-0.3, -0.25) is 0 Å². The summed E-state index contributed by atoms with van der Waals surface area (Å²) in [6, 6.07) is 12.5. The maximum atomic E-state index is 10.2. The van der Waals surface area contributed by atoms with Crippen molar-refractivity contribution in [2.24, 2.45) is 5.41 Å². The zero-order valence-corrected chi connectivity index (χ0v) is 10.3. The molecule has 0 amide bonds. The van der Waals surface area contributed by atoms with Gasteiger partial charge in [-0.2, -0.15) is 5.26 Å². The van der Waals surface area contributed by atoms with E-state index < -0.39 is 11.5 Å². The second kappa shape index (κ2) is 4.89. The van der Waals surface area contributed by atoms with Gasteiger partial charge in [-0.05, 0) is 30.7 Å². The summed E-state index contributed by atoms with van der Waals surface area (Å²) in [5.41, 5.74) is 0.780. The van der Waals surface area contributed by atoms with Crippen LogP contribution >= 0.6 is 0 Å². The highest BCUT2D eigenvalue weighted by atomic mass is 16.3. The molecule has 2 nitrogen and oxygen atoms in total. The SMILES string of the molecule is CC(CC(O)C1(C#N)CCC1)c1ccccc1. The van der Waals surface area contributed by atoms with Gasteiger partial charge in [0.05, 0.1) is 17.6 Å². The third-order valence-corrected chi connectivity index (χ3v) is 4.05. The van der Waals surface area contributed by atoms with E-state index in [1.54, 1.807) is 0 Å². The van der Waals surface area contributed by atoms with Crippen LogP contribution in [0.3, 0.4) is 0 Å². The van der Waals surface area contributed by atoms with E-state index in [0.29, 0.717) is 12.3 Å². The van der Waals surface area contributed by atoms with E-state index in [1.165, 1.54) is 5.56 Å². The van der Waals surface area contributed by atoms with Gasteiger partial charge in [0.2, 0.25) is 0 Å². The maximum absolute atomic E-state index is 10.2. The number of rotatable bonds is 4. The van der Waals surface area contributed by atoms with Crippen molar-refractivity contribution < 1.29 is 5.11 Å². The van der Waals surface area contributed by atoms with Gasteiger partial charge in [-0.25, -0.2) is 0 Å². The van der Waals surface area contributed by atoms with Crippen LogP contribution in [0.25, 0.3) is 0 Å². The standard InChI is InChI=1S/C15H19NO/c1-12(13-6-3-2-4-7-13)10-14(17)15(11-16)8-5-9-15/h2-4,6-7,12,14,17H,5,8-10H2,1H3. The number of benzene rings is 1. The van der Waals surface area contributed by atoms with Crippen LogP contribution in [0.1, 0.15) is 44.1 Å². The second-order valence-electron chi connectivity index (χ2n) is 5.18. The molecule has 0 bridgehead atoms. The first-order valence-corrected chi connectivity index (χ1v) is 6.32. The molecule has 0 spiro atoms. The molecule has 0 saturated heterocycles.